The van der Waals surface area contributed by atoms with Crippen LogP contribution in [0.2, 0.25) is 0 Å². The second-order valence-electron chi connectivity index (χ2n) is 8.06. The highest BCUT2D eigenvalue weighted by atomic mass is 16.5. The molecule has 35 heavy (non-hydrogen) atoms. The number of rotatable bonds is 7. The number of amides is 2. The van der Waals surface area contributed by atoms with Crippen LogP contribution in [-0.4, -0.2) is 50.2 Å². The molecule has 1 unspecified atom stereocenters. The Kier molecular flexibility index (Phi) is 7.19. The lowest BCUT2D eigenvalue weighted by Crippen LogP contribution is -2.46. The van der Waals surface area contributed by atoms with Crippen LogP contribution < -0.4 is 24.0 Å². The first-order valence-corrected chi connectivity index (χ1v) is 11.5. The first kappa shape index (κ1) is 24.1. The van der Waals surface area contributed by atoms with E-state index in [9.17, 15) is 9.59 Å². The second-order valence-corrected chi connectivity index (χ2v) is 8.06. The van der Waals surface area contributed by atoms with Gasteiger partial charge in [0.15, 0.2) is 0 Å². The molecule has 8 nitrogen and oxygen atoms in total. The Morgan fingerprint density at radius 1 is 0.914 bits per heavy atom. The van der Waals surface area contributed by atoms with Gasteiger partial charge in [0.05, 0.1) is 32.2 Å². The predicted octanol–water partition coefficient (Wildman–Crippen LogP) is 4.32. The molecule has 1 aliphatic heterocycles. The Morgan fingerprint density at radius 3 is 2.23 bits per heavy atom. The van der Waals surface area contributed by atoms with Crippen LogP contribution in [0.3, 0.4) is 0 Å². The number of benzene rings is 2. The van der Waals surface area contributed by atoms with E-state index in [0.29, 0.717) is 29.6 Å². The average Bonchev–Trinajstić information content (AvgIpc) is 3.00. The van der Waals surface area contributed by atoms with E-state index in [-0.39, 0.29) is 24.8 Å². The van der Waals surface area contributed by atoms with Gasteiger partial charge in [-0.3, -0.25) is 14.5 Å². The summed E-state index contributed by atoms with van der Waals surface area (Å²) in [5, 5.41) is 0. The zero-order valence-electron chi connectivity index (χ0n) is 20.4. The Hall–Kier alpha value is -4.07. The largest absolute Gasteiger partial charge is 0.497 e. The summed E-state index contributed by atoms with van der Waals surface area (Å²) in [6, 6.07) is 17.5. The second kappa shape index (κ2) is 10.5. The van der Waals surface area contributed by atoms with E-state index in [4.69, 9.17) is 14.2 Å². The van der Waals surface area contributed by atoms with Gasteiger partial charge >= 0.3 is 0 Å². The van der Waals surface area contributed by atoms with Crippen LogP contribution in [0.1, 0.15) is 20.3 Å². The maximum absolute atomic E-state index is 13.6. The van der Waals surface area contributed by atoms with E-state index in [1.165, 1.54) is 0 Å². The Morgan fingerprint density at radius 2 is 1.60 bits per heavy atom. The van der Waals surface area contributed by atoms with Crippen molar-refractivity contribution in [1.29, 1.82) is 0 Å². The fourth-order valence-corrected chi connectivity index (χ4v) is 4.18. The third kappa shape index (κ3) is 4.91. The minimum atomic E-state index is -0.733. The molecular weight excluding hydrogens is 446 g/mol. The molecule has 0 aliphatic carbocycles. The smallest absolute Gasteiger partial charge is 0.249 e. The summed E-state index contributed by atoms with van der Waals surface area (Å²) < 4.78 is 16.1. The van der Waals surface area contributed by atoms with Crippen molar-refractivity contribution in [1.82, 2.24) is 4.98 Å². The minimum absolute atomic E-state index is 0.152. The number of ether oxygens (including phenoxy) is 3. The fourth-order valence-electron chi connectivity index (χ4n) is 4.18. The SMILES string of the molecule is CCOc1ccc(-c2nc(OC)ccc2N2C(=O)CCN(c3ccc(OC)cc3)C(=O)C2C)cc1. The Balaban J connectivity index is 1.73. The van der Waals surface area contributed by atoms with Gasteiger partial charge in [0, 0.05) is 30.3 Å². The normalized spacial score (nSPS) is 16.2. The van der Waals surface area contributed by atoms with Gasteiger partial charge in [-0.25, -0.2) is 4.98 Å². The molecule has 0 radical (unpaired) electrons. The number of methoxy groups -OCH3 is 2. The van der Waals surface area contributed by atoms with Crippen molar-refractivity contribution in [3.8, 4) is 28.6 Å². The lowest BCUT2D eigenvalue weighted by Gasteiger charge is -2.29. The van der Waals surface area contributed by atoms with E-state index in [0.717, 1.165) is 17.0 Å². The highest BCUT2D eigenvalue weighted by molar-refractivity contribution is 6.09. The fraction of sp³-hybridized carbons (Fsp3) is 0.296. The first-order valence-electron chi connectivity index (χ1n) is 11.5. The summed E-state index contributed by atoms with van der Waals surface area (Å²) in [6.45, 7) is 4.52. The number of hydrogen-bond acceptors (Lipinski definition) is 6. The third-order valence-corrected chi connectivity index (χ3v) is 5.97. The standard InChI is InChI=1S/C27H29N3O5/c1-5-35-22-10-6-19(7-11-22)26-23(14-15-24(28-26)34-4)30-18(2)27(32)29(17-16-25(30)31)20-8-12-21(33-3)13-9-20/h6-15,18H,5,16-17H2,1-4H3. The van der Waals surface area contributed by atoms with E-state index in [2.05, 4.69) is 4.98 Å². The van der Waals surface area contributed by atoms with Gasteiger partial charge in [0.2, 0.25) is 17.7 Å². The van der Waals surface area contributed by atoms with Crippen LogP contribution in [0.25, 0.3) is 11.3 Å². The zero-order valence-corrected chi connectivity index (χ0v) is 20.4. The maximum Gasteiger partial charge on any atom is 0.249 e. The van der Waals surface area contributed by atoms with Gasteiger partial charge in [-0.15, -0.1) is 0 Å². The lowest BCUT2D eigenvalue weighted by atomic mass is 10.1. The summed E-state index contributed by atoms with van der Waals surface area (Å²) in [4.78, 5) is 34.8. The van der Waals surface area contributed by atoms with E-state index < -0.39 is 6.04 Å². The van der Waals surface area contributed by atoms with Gasteiger partial charge in [-0.05, 0) is 68.4 Å². The minimum Gasteiger partial charge on any atom is -0.497 e. The van der Waals surface area contributed by atoms with Gasteiger partial charge in [0.25, 0.3) is 0 Å². The molecule has 1 aromatic heterocycles. The number of anilines is 2. The highest BCUT2D eigenvalue weighted by Crippen LogP contribution is 2.35. The number of aromatic nitrogens is 1. The van der Waals surface area contributed by atoms with Crippen molar-refractivity contribution < 1.29 is 23.8 Å². The predicted molar refractivity (Wildman–Crippen MR) is 134 cm³/mol. The van der Waals surface area contributed by atoms with Crippen molar-refractivity contribution >= 4 is 23.2 Å². The molecule has 8 heteroatoms. The number of carbonyl (C=O) groups is 2. The van der Waals surface area contributed by atoms with Gasteiger partial charge in [-0.2, -0.15) is 0 Å². The van der Waals surface area contributed by atoms with Gasteiger partial charge < -0.3 is 19.1 Å². The van der Waals surface area contributed by atoms with Crippen LogP contribution in [0.4, 0.5) is 11.4 Å². The summed E-state index contributed by atoms with van der Waals surface area (Å²) >= 11 is 0. The quantitative estimate of drug-likeness (QED) is 0.506. The lowest BCUT2D eigenvalue weighted by molar-refractivity contribution is -0.122. The van der Waals surface area contributed by atoms with Crippen LogP contribution in [0.15, 0.2) is 60.7 Å². The maximum atomic E-state index is 13.6. The summed E-state index contributed by atoms with van der Waals surface area (Å²) in [6.07, 6.45) is 0.177. The van der Waals surface area contributed by atoms with Crippen LogP contribution in [-0.2, 0) is 9.59 Å². The molecule has 0 N–H and O–H groups in total. The van der Waals surface area contributed by atoms with Crippen LogP contribution >= 0.6 is 0 Å². The number of carbonyl (C=O) groups excluding carboxylic acids is 2. The molecule has 0 bridgehead atoms. The van der Waals surface area contributed by atoms with Gasteiger partial charge in [-0.1, -0.05) is 0 Å². The molecular formula is C27H29N3O5. The molecule has 3 aromatic rings. The zero-order chi connectivity index (χ0) is 24.9. The van der Waals surface area contributed by atoms with Crippen molar-refractivity contribution in [2.75, 3.05) is 37.2 Å². The molecule has 0 saturated carbocycles. The molecule has 1 fully saturated rings. The molecule has 1 aliphatic rings. The van der Waals surface area contributed by atoms with Crippen LogP contribution in [0.5, 0.6) is 17.4 Å². The molecule has 1 saturated heterocycles. The summed E-state index contributed by atoms with van der Waals surface area (Å²) in [5.41, 5.74) is 2.61. The van der Waals surface area contributed by atoms with Crippen molar-refractivity contribution in [2.24, 2.45) is 0 Å². The molecule has 182 valence electrons. The van der Waals surface area contributed by atoms with Crippen molar-refractivity contribution in [3.63, 3.8) is 0 Å². The summed E-state index contributed by atoms with van der Waals surface area (Å²) in [7, 11) is 3.13. The molecule has 4 rings (SSSR count). The summed E-state index contributed by atoms with van der Waals surface area (Å²) in [5.74, 6) is 1.53. The van der Waals surface area contributed by atoms with E-state index in [1.807, 2.05) is 43.3 Å². The first-order chi connectivity index (χ1) is 17.0. The Bertz CT molecular complexity index is 1190. The molecule has 2 aromatic carbocycles. The third-order valence-electron chi connectivity index (χ3n) is 5.97. The average molecular weight is 476 g/mol. The van der Waals surface area contributed by atoms with E-state index in [1.54, 1.807) is 55.2 Å². The molecule has 2 heterocycles. The number of nitrogens with zero attached hydrogens (tertiary/aromatic N) is 3. The highest BCUT2D eigenvalue weighted by Gasteiger charge is 2.36. The van der Waals surface area contributed by atoms with Crippen molar-refractivity contribution in [3.05, 3.63) is 60.7 Å². The Labute approximate surface area is 205 Å². The number of hydrogen-bond donors (Lipinski definition) is 0. The molecule has 0 spiro atoms. The topological polar surface area (TPSA) is 81.2 Å². The molecule has 1 atom stereocenters. The van der Waals surface area contributed by atoms with Crippen molar-refractivity contribution in [2.45, 2.75) is 26.3 Å². The van der Waals surface area contributed by atoms with Crippen LogP contribution in [0, 0.1) is 0 Å². The molecule has 2 amide bonds. The van der Waals surface area contributed by atoms with Gasteiger partial charge in [0.1, 0.15) is 17.5 Å². The van der Waals surface area contributed by atoms with E-state index >= 15 is 0 Å². The number of pyridine rings is 1. The monoisotopic (exact) mass is 475 g/mol.